The van der Waals surface area contributed by atoms with Crippen LogP contribution in [0.15, 0.2) is 46.6 Å². The number of rotatable bonds is 10. The Morgan fingerprint density at radius 2 is 2.23 bits per heavy atom. The van der Waals surface area contributed by atoms with Crippen molar-refractivity contribution in [2.45, 2.75) is 58.0 Å². The zero-order chi connectivity index (χ0) is 24.2. The zero-order valence-corrected chi connectivity index (χ0v) is 20.8. The number of fused-ring (bicyclic) bond motifs is 1. The molecule has 1 aromatic carbocycles. The third-order valence-corrected chi connectivity index (χ3v) is 7.39. The van der Waals surface area contributed by atoms with E-state index in [9.17, 15) is 4.79 Å². The highest BCUT2D eigenvalue weighted by Crippen LogP contribution is 2.28. The monoisotopic (exact) mass is 494 g/mol. The van der Waals surface area contributed by atoms with Gasteiger partial charge in [-0.25, -0.2) is 4.68 Å². The lowest BCUT2D eigenvalue weighted by Crippen LogP contribution is -2.33. The van der Waals surface area contributed by atoms with Crippen molar-refractivity contribution in [1.82, 2.24) is 30.1 Å². The Morgan fingerprint density at radius 1 is 1.31 bits per heavy atom. The van der Waals surface area contributed by atoms with E-state index in [1.54, 1.807) is 18.4 Å². The molecule has 1 aliphatic rings. The second-order valence-corrected chi connectivity index (χ2v) is 9.87. The van der Waals surface area contributed by atoms with Crippen LogP contribution in [0.3, 0.4) is 0 Å². The van der Waals surface area contributed by atoms with E-state index in [0.717, 1.165) is 48.3 Å². The number of aromatic nitrogens is 5. The van der Waals surface area contributed by atoms with Crippen LogP contribution in [0.25, 0.3) is 10.9 Å². The van der Waals surface area contributed by atoms with Gasteiger partial charge < -0.3 is 14.5 Å². The SMILES string of the molecule is CC[C@@H](c1nnnn1C[C@H]1CCCO1)N(Cc1cccs1)Cc1cc2cc(OC)ccc2[nH]c1=O. The number of hydrogen-bond acceptors (Lipinski definition) is 8. The molecule has 1 fully saturated rings. The number of nitrogens with zero attached hydrogens (tertiary/aromatic N) is 5. The van der Waals surface area contributed by atoms with Gasteiger partial charge in [0.05, 0.1) is 25.8 Å². The Morgan fingerprint density at radius 3 is 2.97 bits per heavy atom. The molecule has 0 saturated carbocycles. The summed E-state index contributed by atoms with van der Waals surface area (Å²) in [5.74, 6) is 1.56. The molecular formula is C25H30N6O3S. The Labute approximate surface area is 207 Å². The molecule has 3 aromatic heterocycles. The van der Waals surface area contributed by atoms with E-state index >= 15 is 0 Å². The smallest absolute Gasteiger partial charge is 0.252 e. The standard InChI is InChI=1S/C25H30N6O3S/c1-3-23(24-27-28-29-31(24)15-20-6-4-10-34-20)30(16-21-7-5-11-35-21)14-18-12-17-13-19(33-2)8-9-22(17)26-25(18)32/h5,7-9,11-13,20,23H,3-4,6,10,14-16H2,1-2H3,(H,26,32)/t20-,23+/m1/s1. The Kier molecular flexibility index (Phi) is 7.21. The van der Waals surface area contributed by atoms with Gasteiger partial charge in [-0.05, 0) is 65.4 Å². The molecule has 9 nitrogen and oxygen atoms in total. The molecule has 5 rings (SSSR count). The molecule has 0 spiro atoms. The average Bonchev–Trinajstić information content (AvgIpc) is 3.65. The summed E-state index contributed by atoms with van der Waals surface area (Å²) in [6.45, 7) is 4.72. The Balaban J connectivity index is 1.48. The summed E-state index contributed by atoms with van der Waals surface area (Å²) in [6, 6.07) is 11.7. The fourth-order valence-electron chi connectivity index (χ4n) is 4.74. The van der Waals surface area contributed by atoms with E-state index in [1.807, 2.05) is 28.9 Å². The van der Waals surface area contributed by atoms with Crippen molar-refractivity contribution in [3.63, 3.8) is 0 Å². The molecule has 1 aliphatic heterocycles. The van der Waals surface area contributed by atoms with Crippen LogP contribution in [0.5, 0.6) is 5.75 Å². The lowest BCUT2D eigenvalue weighted by atomic mass is 10.1. The van der Waals surface area contributed by atoms with Gasteiger partial charge in [-0.2, -0.15) is 0 Å². The van der Waals surface area contributed by atoms with Gasteiger partial charge in [0, 0.05) is 41.0 Å². The molecule has 0 bridgehead atoms. The first-order valence-electron chi connectivity index (χ1n) is 12.0. The Bertz CT molecular complexity index is 1310. The number of benzene rings is 1. The van der Waals surface area contributed by atoms with Crippen LogP contribution in [0.1, 0.15) is 48.5 Å². The summed E-state index contributed by atoms with van der Waals surface area (Å²) in [4.78, 5) is 19.6. The average molecular weight is 495 g/mol. The van der Waals surface area contributed by atoms with E-state index < -0.39 is 0 Å². The van der Waals surface area contributed by atoms with Crippen LogP contribution < -0.4 is 10.3 Å². The number of tetrazole rings is 1. The highest BCUT2D eigenvalue weighted by Gasteiger charge is 2.28. The fraction of sp³-hybridized carbons (Fsp3) is 0.440. The molecule has 35 heavy (non-hydrogen) atoms. The molecule has 1 saturated heterocycles. The fourth-order valence-corrected chi connectivity index (χ4v) is 5.47. The summed E-state index contributed by atoms with van der Waals surface area (Å²) >= 11 is 1.71. The normalized spacial score (nSPS) is 16.8. The van der Waals surface area contributed by atoms with Gasteiger partial charge in [0.2, 0.25) is 0 Å². The third kappa shape index (κ3) is 5.29. The first-order chi connectivity index (χ1) is 17.1. The van der Waals surface area contributed by atoms with Crippen molar-refractivity contribution >= 4 is 22.2 Å². The molecule has 1 N–H and O–H groups in total. The van der Waals surface area contributed by atoms with Gasteiger partial charge in [-0.1, -0.05) is 13.0 Å². The van der Waals surface area contributed by atoms with Crippen molar-refractivity contribution in [2.75, 3.05) is 13.7 Å². The van der Waals surface area contributed by atoms with E-state index in [1.165, 1.54) is 4.88 Å². The van der Waals surface area contributed by atoms with Gasteiger partial charge in [0.15, 0.2) is 5.82 Å². The number of aromatic amines is 1. The van der Waals surface area contributed by atoms with Crippen molar-refractivity contribution < 1.29 is 9.47 Å². The summed E-state index contributed by atoms with van der Waals surface area (Å²) in [6.07, 6.45) is 3.03. The molecule has 0 amide bonds. The van der Waals surface area contributed by atoms with Crippen LogP contribution in [-0.2, 0) is 24.4 Å². The summed E-state index contributed by atoms with van der Waals surface area (Å²) in [5, 5.41) is 15.7. The van der Waals surface area contributed by atoms with Crippen molar-refractivity contribution in [3.05, 3.63) is 68.4 Å². The van der Waals surface area contributed by atoms with Crippen LogP contribution in [0.2, 0.25) is 0 Å². The summed E-state index contributed by atoms with van der Waals surface area (Å²) < 4.78 is 13.1. The minimum Gasteiger partial charge on any atom is -0.497 e. The lowest BCUT2D eigenvalue weighted by molar-refractivity contribution is 0.0889. The van der Waals surface area contributed by atoms with Crippen molar-refractivity contribution in [1.29, 1.82) is 0 Å². The Hall–Kier alpha value is -3.08. The molecule has 184 valence electrons. The number of hydrogen-bond donors (Lipinski definition) is 1. The highest BCUT2D eigenvalue weighted by molar-refractivity contribution is 7.09. The number of methoxy groups -OCH3 is 1. The second kappa shape index (κ2) is 10.7. The number of H-pyrrole nitrogens is 1. The first-order valence-corrected chi connectivity index (χ1v) is 12.9. The molecule has 0 radical (unpaired) electrons. The number of thiophene rings is 1. The van der Waals surface area contributed by atoms with Crippen LogP contribution in [0, 0.1) is 0 Å². The summed E-state index contributed by atoms with van der Waals surface area (Å²) in [7, 11) is 1.64. The predicted octanol–water partition coefficient (Wildman–Crippen LogP) is 3.92. The molecular weight excluding hydrogens is 464 g/mol. The molecule has 0 aliphatic carbocycles. The number of ether oxygens (including phenoxy) is 2. The number of pyridine rings is 1. The minimum absolute atomic E-state index is 0.0612. The van der Waals surface area contributed by atoms with Gasteiger partial charge in [0.1, 0.15) is 5.75 Å². The maximum absolute atomic E-state index is 13.0. The largest absolute Gasteiger partial charge is 0.497 e. The second-order valence-electron chi connectivity index (χ2n) is 8.84. The van der Waals surface area contributed by atoms with Gasteiger partial charge >= 0.3 is 0 Å². The maximum atomic E-state index is 13.0. The van der Waals surface area contributed by atoms with Crippen LogP contribution in [-0.4, -0.2) is 49.9 Å². The summed E-state index contributed by atoms with van der Waals surface area (Å²) in [5.41, 5.74) is 1.39. The number of nitrogens with one attached hydrogen (secondary N) is 1. The van der Waals surface area contributed by atoms with E-state index in [2.05, 4.69) is 49.8 Å². The topological polar surface area (TPSA) is 98.2 Å². The molecule has 10 heteroatoms. The van der Waals surface area contributed by atoms with Crippen LogP contribution >= 0.6 is 11.3 Å². The first kappa shape index (κ1) is 23.7. The van der Waals surface area contributed by atoms with Crippen LogP contribution in [0.4, 0.5) is 0 Å². The highest BCUT2D eigenvalue weighted by atomic mass is 32.1. The van der Waals surface area contributed by atoms with Gasteiger partial charge in [-0.15, -0.1) is 16.4 Å². The predicted molar refractivity (Wildman–Crippen MR) is 135 cm³/mol. The van der Waals surface area contributed by atoms with E-state index in [-0.39, 0.29) is 17.7 Å². The van der Waals surface area contributed by atoms with Gasteiger partial charge in [-0.3, -0.25) is 9.69 Å². The van der Waals surface area contributed by atoms with Gasteiger partial charge in [0.25, 0.3) is 5.56 Å². The molecule has 0 unspecified atom stereocenters. The lowest BCUT2D eigenvalue weighted by Gasteiger charge is -2.30. The van der Waals surface area contributed by atoms with E-state index in [0.29, 0.717) is 25.2 Å². The van der Waals surface area contributed by atoms with E-state index in [4.69, 9.17) is 9.47 Å². The van der Waals surface area contributed by atoms with Crippen molar-refractivity contribution in [2.24, 2.45) is 0 Å². The maximum Gasteiger partial charge on any atom is 0.252 e. The molecule has 2 atom stereocenters. The molecule has 4 aromatic rings. The third-order valence-electron chi connectivity index (χ3n) is 6.53. The quantitative estimate of drug-likeness (QED) is 0.357. The van der Waals surface area contributed by atoms with Crippen molar-refractivity contribution in [3.8, 4) is 5.75 Å². The molecule has 4 heterocycles. The minimum atomic E-state index is -0.0901. The zero-order valence-electron chi connectivity index (χ0n) is 20.0.